The minimum atomic E-state index is -1.62. The number of rotatable bonds is 8. The fraction of sp³-hybridized carbons (Fsp3) is 0.217. The maximum Gasteiger partial charge on any atom is 0.269 e. The summed E-state index contributed by atoms with van der Waals surface area (Å²) in [5, 5.41) is 2.03. The van der Waals surface area contributed by atoms with E-state index < -0.39 is 29.9 Å². The van der Waals surface area contributed by atoms with Crippen LogP contribution in [-0.2, 0) is 17.2 Å². The van der Waals surface area contributed by atoms with Gasteiger partial charge in [0, 0.05) is 38.2 Å². The number of hydrogen-bond donors (Lipinski definition) is 0. The first-order chi connectivity index (χ1) is 34.4. The lowest BCUT2D eigenvalue weighted by Gasteiger charge is -2.27. The number of pyridine rings is 2. The maximum absolute atomic E-state index is 9.20. The monoisotopic (exact) mass is 871 g/mol. The van der Waals surface area contributed by atoms with Crippen molar-refractivity contribution >= 4 is 32.8 Å². The Bertz CT molecular complexity index is 3770. The molecule has 4 heterocycles. The quantitative estimate of drug-likeness (QED) is 0.113. The number of aromatic nitrogens is 5. The molecule has 0 atom stereocenters. The molecular formula is C60H57N5O. The van der Waals surface area contributed by atoms with Crippen LogP contribution in [0.4, 0.5) is 0 Å². The fourth-order valence-electron chi connectivity index (χ4n) is 8.70. The van der Waals surface area contributed by atoms with Gasteiger partial charge in [0.15, 0.2) is 0 Å². The number of para-hydroxylation sites is 2. The predicted octanol–water partition coefficient (Wildman–Crippen LogP) is 14.9. The van der Waals surface area contributed by atoms with Crippen LogP contribution >= 0.6 is 0 Å². The van der Waals surface area contributed by atoms with E-state index in [2.05, 4.69) is 81.7 Å². The Balaban J connectivity index is 1.14. The van der Waals surface area contributed by atoms with E-state index in [-0.39, 0.29) is 28.5 Å². The summed E-state index contributed by atoms with van der Waals surface area (Å²) in [6, 6.07) is 37.8. The summed E-state index contributed by atoms with van der Waals surface area (Å²) in [5.74, 6) is 1.74. The molecule has 6 heteroatoms. The van der Waals surface area contributed by atoms with Gasteiger partial charge in [-0.1, -0.05) is 153 Å². The highest BCUT2D eigenvalue weighted by molar-refractivity contribution is 6.09. The molecule has 0 saturated heterocycles. The van der Waals surface area contributed by atoms with Crippen LogP contribution in [0.1, 0.15) is 88.6 Å². The van der Waals surface area contributed by atoms with Crippen LogP contribution < -0.4 is 9.30 Å². The molecule has 0 unspecified atom stereocenters. The van der Waals surface area contributed by atoms with Crippen LogP contribution in [0.3, 0.4) is 0 Å². The van der Waals surface area contributed by atoms with Gasteiger partial charge in [-0.3, -0.25) is 18.7 Å². The summed E-state index contributed by atoms with van der Waals surface area (Å²) >= 11 is 0. The lowest BCUT2D eigenvalue weighted by molar-refractivity contribution is -0.571. The van der Waals surface area contributed by atoms with Gasteiger partial charge >= 0.3 is 0 Å². The Labute approximate surface area is 398 Å². The van der Waals surface area contributed by atoms with Gasteiger partial charge in [0.05, 0.1) is 40.3 Å². The molecule has 0 aliphatic carbocycles. The van der Waals surface area contributed by atoms with E-state index in [4.69, 9.17) is 16.6 Å². The van der Waals surface area contributed by atoms with Gasteiger partial charge in [-0.15, -0.1) is 0 Å². The summed E-state index contributed by atoms with van der Waals surface area (Å²) in [6.45, 7) is 18.8. The van der Waals surface area contributed by atoms with Crippen molar-refractivity contribution in [3.8, 4) is 50.9 Å². The third-order valence-electron chi connectivity index (χ3n) is 11.9. The van der Waals surface area contributed by atoms with Crippen molar-refractivity contribution in [2.75, 3.05) is 0 Å². The lowest BCUT2D eigenvalue weighted by atomic mass is 9.78. The Morgan fingerprint density at radius 1 is 0.636 bits per heavy atom. The fourth-order valence-corrected chi connectivity index (χ4v) is 8.70. The molecule has 0 saturated carbocycles. The van der Waals surface area contributed by atoms with Crippen molar-refractivity contribution < 1.29 is 18.9 Å². The predicted molar refractivity (Wildman–Crippen MR) is 272 cm³/mol. The molecule has 66 heavy (non-hydrogen) atoms. The summed E-state index contributed by atoms with van der Waals surface area (Å²) in [5.41, 5.74) is 8.49. The summed E-state index contributed by atoms with van der Waals surface area (Å²) < 4.78 is 75.0. The lowest BCUT2D eigenvalue weighted by Crippen LogP contribution is -2.31. The zero-order valence-electron chi connectivity index (χ0n) is 45.9. The van der Waals surface area contributed by atoms with Crippen molar-refractivity contribution in [1.82, 2.24) is 19.1 Å². The van der Waals surface area contributed by atoms with Crippen molar-refractivity contribution in [3.05, 3.63) is 193 Å². The average molecular weight is 871 g/mol. The number of nitrogens with zero attached hydrogens (tertiary/aromatic N) is 5. The van der Waals surface area contributed by atoms with Gasteiger partial charge in [0.25, 0.3) is 6.33 Å². The normalized spacial score (nSPS) is 14.1. The van der Waals surface area contributed by atoms with Crippen molar-refractivity contribution in [2.45, 2.75) is 79.5 Å². The summed E-state index contributed by atoms with van der Waals surface area (Å²) in [6.07, 6.45) is 7.17. The molecule has 4 aromatic heterocycles. The largest absolute Gasteiger partial charge is 0.458 e. The Kier molecular flexibility index (Phi) is 8.64. The zero-order valence-corrected chi connectivity index (χ0v) is 38.9. The van der Waals surface area contributed by atoms with Crippen molar-refractivity contribution in [3.63, 3.8) is 0 Å². The standard InChI is InChI=1S/C60H57N5O/c1-58(2,3)37-40-27-30-62-56(31-40)65-52-24-14-13-21-50(52)51-26-25-47(36-54(51)65)66-46-20-15-19-45(35-46)63-39-64(55-38-61-29-28-53(55)63)57-48(41-17-11-10-12-18-41)22-16-23-49(57)42-32-43(59(4,5)6)34-44(33-42)60(7,8)9/h10-36,38H,37H2,1-9H3/i10D,11D,12D,17D,18D,37D2. The van der Waals surface area contributed by atoms with Crippen LogP contribution in [-0.4, -0.2) is 19.1 Å². The summed E-state index contributed by atoms with van der Waals surface area (Å²) in [7, 11) is 0. The first-order valence-corrected chi connectivity index (χ1v) is 22.4. The highest BCUT2D eigenvalue weighted by Crippen LogP contribution is 2.40. The second kappa shape index (κ2) is 16.3. The molecule has 0 radical (unpaired) electrons. The van der Waals surface area contributed by atoms with Gasteiger partial charge in [-0.25, -0.2) is 4.98 Å². The number of fused-ring (bicyclic) bond motifs is 4. The molecule has 328 valence electrons. The molecule has 10 aromatic rings. The molecule has 0 fully saturated rings. The van der Waals surface area contributed by atoms with Crippen molar-refractivity contribution in [2.24, 2.45) is 5.41 Å². The third kappa shape index (κ3) is 8.17. The van der Waals surface area contributed by atoms with Gasteiger partial charge in [0.2, 0.25) is 0 Å². The van der Waals surface area contributed by atoms with E-state index in [0.717, 1.165) is 55.3 Å². The topological polar surface area (TPSA) is 48.8 Å². The Hall–Kier alpha value is -7.31. The van der Waals surface area contributed by atoms with E-state index >= 15 is 0 Å². The maximum atomic E-state index is 9.20. The van der Waals surface area contributed by atoms with Gasteiger partial charge in [-0.2, -0.15) is 0 Å². The van der Waals surface area contributed by atoms with E-state index in [1.807, 2.05) is 121 Å². The molecule has 0 aliphatic heterocycles. The molecule has 0 bridgehead atoms. The van der Waals surface area contributed by atoms with E-state index in [0.29, 0.717) is 39.6 Å². The smallest absolute Gasteiger partial charge is 0.269 e. The first kappa shape index (κ1) is 35.0. The van der Waals surface area contributed by atoms with Crippen molar-refractivity contribution in [1.29, 1.82) is 0 Å². The molecule has 6 nitrogen and oxygen atoms in total. The molecule has 0 aliphatic rings. The van der Waals surface area contributed by atoms with Crippen LogP contribution in [0.15, 0.2) is 170 Å². The number of ether oxygens (including phenoxy) is 1. The van der Waals surface area contributed by atoms with Crippen LogP contribution in [0.2, 0.25) is 0 Å². The van der Waals surface area contributed by atoms with Crippen LogP contribution in [0, 0.1) is 11.7 Å². The highest BCUT2D eigenvalue weighted by Gasteiger charge is 2.25. The minimum absolute atomic E-state index is 0.0808. The van der Waals surface area contributed by atoms with E-state index in [1.54, 1.807) is 24.7 Å². The molecule has 10 rings (SSSR count). The van der Waals surface area contributed by atoms with Gasteiger partial charge in [-0.05, 0) is 116 Å². The second-order valence-electron chi connectivity index (χ2n) is 20.0. The van der Waals surface area contributed by atoms with Gasteiger partial charge in [0.1, 0.15) is 17.3 Å². The molecular weight excluding hydrogens is 807 g/mol. The van der Waals surface area contributed by atoms with E-state index in [1.165, 1.54) is 0 Å². The van der Waals surface area contributed by atoms with E-state index in [9.17, 15) is 2.74 Å². The minimum Gasteiger partial charge on any atom is -0.458 e. The van der Waals surface area contributed by atoms with Crippen LogP contribution in [0.5, 0.6) is 11.5 Å². The third-order valence-corrected chi connectivity index (χ3v) is 11.9. The zero-order chi connectivity index (χ0) is 52.1. The molecule has 0 amide bonds. The average Bonchev–Trinajstić information content (AvgIpc) is 3.90. The first-order valence-electron chi connectivity index (χ1n) is 25.9. The summed E-state index contributed by atoms with van der Waals surface area (Å²) in [4.78, 5) is 9.36. The molecule has 6 aromatic carbocycles. The highest BCUT2D eigenvalue weighted by atomic mass is 16.5. The number of imidazole rings is 1. The molecule has 0 spiro atoms. The van der Waals surface area contributed by atoms with Gasteiger partial charge < -0.3 is 4.74 Å². The second-order valence-corrected chi connectivity index (χ2v) is 20.0. The Morgan fingerprint density at radius 2 is 1.33 bits per heavy atom. The van der Waals surface area contributed by atoms with Crippen LogP contribution in [0.25, 0.3) is 72.3 Å². The number of hydrogen-bond acceptors (Lipinski definition) is 3. The number of benzene rings is 6. The Morgan fingerprint density at radius 3 is 2.08 bits per heavy atom. The molecule has 0 N–H and O–H groups in total. The SMILES string of the molecule is [2H]c1c([2H])c([2H])c(-c2cccc(-c3cc(C(C)(C)C)cc(C(C)(C)C)c3)c2-[n+]2[c-]n(-c3cccc(Oc4ccc5c6ccccc6n(-c6cc(C([2H])([2H])C(C)(C)C)ccn6)c5c4)c3)c3ccncc32)c([2H])c1[2H].